The Labute approximate surface area is 75.1 Å². The van der Waals surface area contributed by atoms with E-state index in [1.165, 1.54) is 12.1 Å². The number of carboxylic acids is 1. The molecule has 0 fully saturated rings. The van der Waals surface area contributed by atoms with Gasteiger partial charge in [0.1, 0.15) is 5.75 Å². The maximum absolute atomic E-state index is 10.3. The monoisotopic (exact) mass is 182 g/mol. The molecule has 0 spiro atoms. The van der Waals surface area contributed by atoms with Gasteiger partial charge in [0.25, 0.3) is 0 Å². The summed E-state index contributed by atoms with van der Waals surface area (Å²) < 4.78 is 0. The number of phenolic OH excluding ortho intramolecular Hbond substituents is 1. The van der Waals surface area contributed by atoms with Crippen LogP contribution in [-0.4, -0.2) is 27.4 Å². The van der Waals surface area contributed by atoms with Crippen LogP contribution in [0.3, 0.4) is 0 Å². The van der Waals surface area contributed by atoms with Crippen molar-refractivity contribution in [3.8, 4) is 5.75 Å². The van der Waals surface area contributed by atoms with Gasteiger partial charge in [-0.2, -0.15) is 0 Å². The van der Waals surface area contributed by atoms with Crippen LogP contribution in [0.25, 0.3) is 0 Å². The van der Waals surface area contributed by atoms with Gasteiger partial charge in [0.05, 0.1) is 0 Å². The van der Waals surface area contributed by atoms with Crippen molar-refractivity contribution in [2.75, 3.05) is 0 Å². The van der Waals surface area contributed by atoms with Crippen molar-refractivity contribution in [3.63, 3.8) is 0 Å². The van der Waals surface area contributed by atoms with Gasteiger partial charge < -0.3 is 15.3 Å². The minimum atomic E-state index is -1.42. The summed E-state index contributed by atoms with van der Waals surface area (Å²) in [6.45, 7) is 0. The number of aromatic hydroxyl groups is 1. The minimum absolute atomic E-state index is 0.00370. The molecule has 3 N–H and O–H groups in total. The van der Waals surface area contributed by atoms with E-state index in [9.17, 15) is 4.79 Å². The number of hydrogen-bond donors (Lipinski definition) is 3. The molecular formula is C9H10O4. The molecule has 0 bridgehead atoms. The maximum Gasteiger partial charge on any atom is 0.332 e. The summed E-state index contributed by atoms with van der Waals surface area (Å²) in [4.78, 5) is 10.3. The third kappa shape index (κ3) is 2.76. The summed E-state index contributed by atoms with van der Waals surface area (Å²) in [5.74, 6) is -1.20. The fourth-order valence-electron chi connectivity index (χ4n) is 0.994. The Balaban J connectivity index is 2.69. The molecule has 4 heteroatoms. The minimum Gasteiger partial charge on any atom is -0.508 e. The smallest absolute Gasteiger partial charge is 0.332 e. The van der Waals surface area contributed by atoms with Gasteiger partial charge >= 0.3 is 5.97 Å². The lowest BCUT2D eigenvalue weighted by molar-refractivity contribution is -0.146. The van der Waals surface area contributed by atoms with Gasteiger partial charge in [-0.25, -0.2) is 4.79 Å². The van der Waals surface area contributed by atoms with Crippen LogP contribution < -0.4 is 0 Å². The van der Waals surface area contributed by atoms with Crippen LogP contribution in [0.4, 0.5) is 0 Å². The Kier molecular flexibility index (Phi) is 2.87. The van der Waals surface area contributed by atoms with E-state index in [-0.39, 0.29) is 12.2 Å². The Morgan fingerprint density at radius 3 is 2.69 bits per heavy atom. The molecule has 70 valence electrons. The molecule has 0 radical (unpaired) electrons. The van der Waals surface area contributed by atoms with Gasteiger partial charge in [-0.1, -0.05) is 12.1 Å². The molecule has 0 aliphatic carbocycles. The third-order valence-electron chi connectivity index (χ3n) is 1.62. The van der Waals surface area contributed by atoms with Gasteiger partial charge in [0.15, 0.2) is 6.10 Å². The predicted octanol–water partition coefficient (Wildman–Crippen LogP) is 0.380. The Morgan fingerprint density at radius 2 is 2.15 bits per heavy atom. The zero-order valence-electron chi connectivity index (χ0n) is 6.84. The molecule has 4 nitrogen and oxygen atoms in total. The predicted molar refractivity (Wildman–Crippen MR) is 45.5 cm³/mol. The molecule has 0 unspecified atom stereocenters. The molecule has 0 aliphatic heterocycles. The largest absolute Gasteiger partial charge is 0.508 e. The second-order valence-electron chi connectivity index (χ2n) is 2.73. The molecule has 0 amide bonds. The van der Waals surface area contributed by atoms with Crippen molar-refractivity contribution >= 4 is 5.97 Å². The third-order valence-corrected chi connectivity index (χ3v) is 1.62. The highest BCUT2D eigenvalue weighted by molar-refractivity contribution is 5.72. The summed E-state index contributed by atoms with van der Waals surface area (Å²) in [6, 6.07) is 6.15. The summed E-state index contributed by atoms with van der Waals surface area (Å²) >= 11 is 0. The van der Waals surface area contributed by atoms with Crippen LogP contribution in [0.1, 0.15) is 5.56 Å². The molecule has 1 aromatic carbocycles. The topological polar surface area (TPSA) is 77.8 Å². The van der Waals surface area contributed by atoms with E-state index < -0.39 is 12.1 Å². The van der Waals surface area contributed by atoms with Crippen molar-refractivity contribution in [2.24, 2.45) is 0 Å². The van der Waals surface area contributed by atoms with Gasteiger partial charge in [0, 0.05) is 6.42 Å². The molecule has 13 heavy (non-hydrogen) atoms. The molecule has 1 aromatic rings. The molecular weight excluding hydrogens is 172 g/mol. The molecule has 0 saturated carbocycles. The average molecular weight is 182 g/mol. The maximum atomic E-state index is 10.3. The highest BCUT2D eigenvalue weighted by Crippen LogP contribution is 2.12. The molecule has 0 aliphatic rings. The Bertz CT molecular complexity index is 308. The standard InChI is InChI=1S/C9H10O4/c10-7-3-1-2-6(4-7)5-8(11)9(12)13/h1-4,8,10-11H,5H2,(H,12,13)/t8-/m0/s1. The van der Waals surface area contributed by atoms with Crippen LogP contribution in [0, 0.1) is 0 Å². The van der Waals surface area contributed by atoms with Crippen molar-refractivity contribution in [1.29, 1.82) is 0 Å². The van der Waals surface area contributed by atoms with Gasteiger partial charge in [-0.15, -0.1) is 0 Å². The summed E-state index contributed by atoms with van der Waals surface area (Å²) in [5.41, 5.74) is 0.593. The number of aliphatic hydroxyl groups is 1. The SMILES string of the molecule is O=C(O)[C@@H](O)Cc1cccc(O)c1. The normalized spacial score (nSPS) is 12.4. The number of aliphatic carboxylic acids is 1. The average Bonchev–Trinajstić information content (AvgIpc) is 2.04. The first-order valence-corrected chi connectivity index (χ1v) is 3.78. The quantitative estimate of drug-likeness (QED) is 0.631. The molecule has 1 rings (SSSR count). The van der Waals surface area contributed by atoms with Crippen molar-refractivity contribution in [1.82, 2.24) is 0 Å². The van der Waals surface area contributed by atoms with Crippen molar-refractivity contribution in [3.05, 3.63) is 29.8 Å². The van der Waals surface area contributed by atoms with E-state index in [4.69, 9.17) is 15.3 Å². The number of phenols is 1. The number of hydrogen-bond acceptors (Lipinski definition) is 3. The van der Waals surface area contributed by atoms with E-state index in [1.54, 1.807) is 12.1 Å². The van der Waals surface area contributed by atoms with Crippen molar-refractivity contribution in [2.45, 2.75) is 12.5 Å². The lowest BCUT2D eigenvalue weighted by Crippen LogP contribution is -2.21. The fraction of sp³-hybridized carbons (Fsp3) is 0.222. The van der Waals surface area contributed by atoms with E-state index >= 15 is 0 Å². The van der Waals surface area contributed by atoms with Crippen LogP contribution >= 0.6 is 0 Å². The highest BCUT2D eigenvalue weighted by atomic mass is 16.4. The molecule has 1 atom stereocenters. The van der Waals surface area contributed by atoms with Gasteiger partial charge in [-0.3, -0.25) is 0 Å². The highest BCUT2D eigenvalue weighted by Gasteiger charge is 2.13. The number of carbonyl (C=O) groups is 1. The van der Waals surface area contributed by atoms with Crippen LogP contribution in [0.15, 0.2) is 24.3 Å². The number of rotatable bonds is 3. The van der Waals surface area contributed by atoms with E-state index in [2.05, 4.69) is 0 Å². The van der Waals surface area contributed by atoms with Crippen molar-refractivity contribution < 1.29 is 20.1 Å². The first kappa shape index (κ1) is 9.54. The summed E-state index contributed by atoms with van der Waals surface area (Å²) in [6.07, 6.45) is -1.41. The Morgan fingerprint density at radius 1 is 1.46 bits per heavy atom. The summed E-state index contributed by atoms with van der Waals surface area (Å²) in [5, 5.41) is 26.4. The molecule has 0 aromatic heterocycles. The zero-order chi connectivity index (χ0) is 9.84. The second kappa shape index (κ2) is 3.91. The lowest BCUT2D eigenvalue weighted by Gasteiger charge is -2.05. The summed E-state index contributed by atoms with van der Waals surface area (Å²) in [7, 11) is 0. The van der Waals surface area contributed by atoms with Gasteiger partial charge in [-0.05, 0) is 17.7 Å². The Hall–Kier alpha value is -1.55. The first-order valence-electron chi connectivity index (χ1n) is 3.78. The van der Waals surface area contributed by atoms with E-state index in [0.717, 1.165) is 0 Å². The van der Waals surface area contributed by atoms with Crippen LogP contribution in [0.2, 0.25) is 0 Å². The molecule has 0 heterocycles. The zero-order valence-corrected chi connectivity index (χ0v) is 6.84. The number of aliphatic hydroxyl groups excluding tert-OH is 1. The van der Waals surface area contributed by atoms with E-state index in [0.29, 0.717) is 5.56 Å². The second-order valence-corrected chi connectivity index (χ2v) is 2.73. The van der Waals surface area contributed by atoms with Crippen LogP contribution in [0.5, 0.6) is 5.75 Å². The molecule has 0 saturated heterocycles. The van der Waals surface area contributed by atoms with E-state index in [1.807, 2.05) is 0 Å². The number of benzene rings is 1. The number of carboxylic acid groups (broad SMARTS) is 1. The fourth-order valence-corrected chi connectivity index (χ4v) is 0.994. The van der Waals surface area contributed by atoms with Crippen LogP contribution in [-0.2, 0) is 11.2 Å². The first-order chi connectivity index (χ1) is 6.09. The lowest BCUT2D eigenvalue weighted by atomic mass is 10.1. The van der Waals surface area contributed by atoms with Gasteiger partial charge in [0.2, 0.25) is 0 Å².